The molecular weight excluding hydrogens is 421 g/mol. The first-order valence-corrected chi connectivity index (χ1v) is 10.7. The topological polar surface area (TPSA) is 59.8 Å². The van der Waals surface area contributed by atoms with E-state index in [1.54, 1.807) is 37.4 Å². The fourth-order valence-corrected chi connectivity index (χ4v) is 4.43. The third kappa shape index (κ3) is 3.57. The minimum absolute atomic E-state index is 0.0145. The number of carbonyl (C=O) groups excluding carboxylic acids is 1. The van der Waals surface area contributed by atoms with Crippen LogP contribution in [0.2, 0.25) is 0 Å². The highest BCUT2D eigenvalue weighted by molar-refractivity contribution is 5.99. The maximum atomic E-state index is 14.9. The molecule has 1 atom stereocenters. The van der Waals surface area contributed by atoms with Gasteiger partial charge in [0.2, 0.25) is 5.76 Å². The van der Waals surface area contributed by atoms with Gasteiger partial charge in [0.05, 0.1) is 24.1 Å². The summed E-state index contributed by atoms with van der Waals surface area (Å²) < 4.78 is 26.0. The van der Waals surface area contributed by atoms with Crippen molar-refractivity contribution >= 4 is 16.9 Å². The van der Waals surface area contributed by atoms with Crippen LogP contribution in [0.15, 0.2) is 75.9 Å². The van der Waals surface area contributed by atoms with Crippen molar-refractivity contribution in [1.29, 1.82) is 0 Å². The lowest BCUT2D eigenvalue weighted by molar-refractivity contribution is 0.0728. The van der Waals surface area contributed by atoms with E-state index >= 15 is 0 Å². The number of halogens is 1. The highest BCUT2D eigenvalue weighted by atomic mass is 19.1. The average Bonchev–Trinajstić information content (AvgIpc) is 3.10. The van der Waals surface area contributed by atoms with Crippen LogP contribution in [0.25, 0.3) is 11.0 Å². The molecule has 0 aliphatic carbocycles. The summed E-state index contributed by atoms with van der Waals surface area (Å²) in [7, 11) is 1.60. The number of rotatable bonds is 5. The summed E-state index contributed by atoms with van der Waals surface area (Å²) in [5.41, 5.74) is 2.41. The van der Waals surface area contributed by atoms with Gasteiger partial charge in [-0.15, -0.1) is 0 Å². The minimum atomic E-state index is -0.854. The highest BCUT2D eigenvalue weighted by Crippen LogP contribution is 2.39. The Kier molecular flexibility index (Phi) is 5.21. The Bertz CT molecular complexity index is 1420. The Hall–Kier alpha value is -3.93. The number of benzene rings is 3. The quantitative estimate of drug-likeness (QED) is 0.434. The number of ether oxygens (including phenoxy) is 1. The van der Waals surface area contributed by atoms with Gasteiger partial charge in [0.1, 0.15) is 17.1 Å². The molecule has 0 unspecified atom stereocenters. The molecule has 33 heavy (non-hydrogen) atoms. The second kappa shape index (κ2) is 8.20. The van der Waals surface area contributed by atoms with Gasteiger partial charge in [-0.05, 0) is 49.2 Å². The van der Waals surface area contributed by atoms with Gasteiger partial charge in [-0.1, -0.05) is 42.0 Å². The maximum Gasteiger partial charge on any atom is 0.290 e. The molecule has 1 aliphatic heterocycles. The van der Waals surface area contributed by atoms with Crippen LogP contribution in [0.5, 0.6) is 5.75 Å². The van der Waals surface area contributed by atoms with E-state index in [1.807, 2.05) is 37.3 Å². The van der Waals surface area contributed by atoms with E-state index in [0.717, 1.165) is 16.9 Å². The largest absolute Gasteiger partial charge is 0.497 e. The lowest BCUT2D eigenvalue weighted by atomic mass is 9.97. The standard InChI is InChI=1S/C27H22FNO4/c1-16-7-12-22-20(15-16)25(30)23-24(19-5-3-4-6-21(19)28)29(27(31)26(23)33-22)14-13-17-8-10-18(32-2)11-9-17/h3-12,15,24H,13-14H2,1-2H3/t24-/m0/s1. The Morgan fingerprint density at radius 3 is 2.52 bits per heavy atom. The lowest BCUT2D eigenvalue weighted by Gasteiger charge is -2.25. The van der Waals surface area contributed by atoms with Crippen molar-refractivity contribution in [3.63, 3.8) is 0 Å². The number of carbonyl (C=O) groups is 1. The predicted molar refractivity (Wildman–Crippen MR) is 123 cm³/mol. The zero-order valence-corrected chi connectivity index (χ0v) is 18.3. The number of hydrogen-bond acceptors (Lipinski definition) is 4. The smallest absolute Gasteiger partial charge is 0.290 e. The van der Waals surface area contributed by atoms with Crippen LogP contribution in [-0.2, 0) is 6.42 Å². The van der Waals surface area contributed by atoms with Crippen LogP contribution < -0.4 is 10.2 Å². The molecule has 0 spiro atoms. The molecule has 1 amide bonds. The Morgan fingerprint density at radius 2 is 1.79 bits per heavy atom. The van der Waals surface area contributed by atoms with Gasteiger partial charge < -0.3 is 14.1 Å². The molecule has 6 heteroatoms. The first-order valence-electron chi connectivity index (χ1n) is 10.7. The van der Waals surface area contributed by atoms with E-state index < -0.39 is 17.8 Å². The van der Waals surface area contributed by atoms with Crippen LogP contribution in [0.1, 0.15) is 38.9 Å². The van der Waals surface area contributed by atoms with Crippen molar-refractivity contribution in [1.82, 2.24) is 4.90 Å². The first kappa shape index (κ1) is 20.9. The van der Waals surface area contributed by atoms with Crippen molar-refractivity contribution < 1.29 is 18.3 Å². The molecule has 0 saturated heterocycles. The fourth-order valence-electron chi connectivity index (χ4n) is 4.43. The first-order chi connectivity index (χ1) is 16.0. The van der Waals surface area contributed by atoms with Crippen LogP contribution >= 0.6 is 0 Å². The van der Waals surface area contributed by atoms with Crippen molar-refractivity contribution in [3.8, 4) is 5.75 Å². The molecular formula is C27H22FNO4. The normalized spacial score (nSPS) is 15.2. The van der Waals surface area contributed by atoms with E-state index in [4.69, 9.17) is 9.15 Å². The fraction of sp³-hybridized carbons (Fsp3) is 0.185. The van der Waals surface area contributed by atoms with Crippen molar-refractivity contribution in [2.75, 3.05) is 13.7 Å². The zero-order valence-electron chi connectivity index (χ0n) is 18.3. The molecule has 5 rings (SSSR count). The van der Waals surface area contributed by atoms with E-state index in [-0.39, 0.29) is 22.3 Å². The molecule has 0 radical (unpaired) electrons. The van der Waals surface area contributed by atoms with Crippen LogP contribution in [0.3, 0.4) is 0 Å². The SMILES string of the molecule is COc1ccc(CCN2C(=O)c3oc4ccc(C)cc4c(=O)c3[C@@H]2c2ccccc2F)cc1. The second-order valence-corrected chi connectivity index (χ2v) is 8.19. The van der Waals surface area contributed by atoms with Gasteiger partial charge in [-0.3, -0.25) is 9.59 Å². The third-order valence-electron chi connectivity index (χ3n) is 6.12. The summed E-state index contributed by atoms with van der Waals surface area (Å²) in [6, 6.07) is 18.2. The summed E-state index contributed by atoms with van der Waals surface area (Å²) in [4.78, 5) is 28.5. The van der Waals surface area contributed by atoms with Gasteiger partial charge >= 0.3 is 0 Å². The van der Waals surface area contributed by atoms with E-state index in [9.17, 15) is 14.0 Å². The number of nitrogens with zero attached hydrogens (tertiary/aromatic N) is 1. The molecule has 166 valence electrons. The summed E-state index contributed by atoms with van der Waals surface area (Å²) in [6.07, 6.45) is 0.529. The number of aryl methyl sites for hydroxylation is 1. The van der Waals surface area contributed by atoms with E-state index in [1.165, 1.54) is 11.0 Å². The molecule has 0 N–H and O–H groups in total. The van der Waals surface area contributed by atoms with Crippen LogP contribution in [0.4, 0.5) is 4.39 Å². The number of fused-ring (bicyclic) bond motifs is 2. The van der Waals surface area contributed by atoms with Crippen molar-refractivity contribution in [3.05, 3.63) is 111 Å². The van der Waals surface area contributed by atoms with Crippen LogP contribution in [-0.4, -0.2) is 24.5 Å². The zero-order chi connectivity index (χ0) is 23.1. The molecule has 4 aromatic rings. The van der Waals surface area contributed by atoms with Gasteiger partial charge in [-0.25, -0.2) is 4.39 Å². The molecule has 2 heterocycles. The van der Waals surface area contributed by atoms with Crippen LogP contribution in [0, 0.1) is 12.7 Å². The predicted octanol–water partition coefficient (Wildman–Crippen LogP) is 5.04. The molecule has 3 aromatic carbocycles. The molecule has 1 aromatic heterocycles. The monoisotopic (exact) mass is 443 g/mol. The number of amides is 1. The molecule has 0 saturated carbocycles. The highest BCUT2D eigenvalue weighted by Gasteiger charge is 2.43. The second-order valence-electron chi connectivity index (χ2n) is 8.19. The third-order valence-corrected chi connectivity index (χ3v) is 6.12. The van der Waals surface area contributed by atoms with Gasteiger partial charge in [0.25, 0.3) is 5.91 Å². The number of hydrogen-bond donors (Lipinski definition) is 0. The van der Waals surface area contributed by atoms with Gasteiger partial charge in [0.15, 0.2) is 5.43 Å². The summed E-state index contributed by atoms with van der Waals surface area (Å²) in [5.74, 6) is -0.156. The molecule has 1 aliphatic rings. The Morgan fingerprint density at radius 1 is 1.03 bits per heavy atom. The van der Waals surface area contributed by atoms with E-state index in [2.05, 4.69) is 0 Å². The molecule has 0 fully saturated rings. The average molecular weight is 443 g/mol. The Labute approximate surface area is 190 Å². The van der Waals surface area contributed by atoms with Gasteiger partial charge in [0, 0.05) is 12.1 Å². The summed E-state index contributed by atoms with van der Waals surface area (Å²) >= 11 is 0. The number of methoxy groups -OCH3 is 1. The molecule has 5 nitrogen and oxygen atoms in total. The molecule has 0 bridgehead atoms. The maximum absolute atomic E-state index is 14.9. The summed E-state index contributed by atoms with van der Waals surface area (Å²) in [6.45, 7) is 2.18. The van der Waals surface area contributed by atoms with Gasteiger partial charge in [-0.2, -0.15) is 0 Å². The summed E-state index contributed by atoms with van der Waals surface area (Å²) in [5, 5.41) is 0.389. The van der Waals surface area contributed by atoms with E-state index in [0.29, 0.717) is 23.9 Å². The minimum Gasteiger partial charge on any atom is -0.497 e. The Balaban J connectivity index is 1.62. The van der Waals surface area contributed by atoms with Crippen molar-refractivity contribution in [2.45, 2.75) is 19.4 Å². The van der Waals surface area contributed by atoms with Crippen molar-refractivity contribution in [2.24, 2.45) is 0 Å². The lowest BCUT2D eigenvalue weighted by Crippen LogP contribution is -2.32.